The molecule has 0 aliphatic carbocycles. The van der Waals surface area contributed by atoms with E-state index in [-0.39, 0.29) is 17.4 Å². The third-order valence-electron chi connectivity index (χ3n) is 2.48. The van der Waals surface area contributed by atoms with Gasteiger partial charge in [-0.05, 0) is 18.3 Å². The second-order valence-corrected chi connectivity index (χ2v) is 4.65. The molecule has 0 bridgehead atoms. The van der Waals surface area contributed by atoms with Crippen molar-refractivity contribution in [1.82, 2.24) is 0 Å². The Hall–Kier alpha value is -0.370. The maximum atomic E-state index is 10.6. The second kappa shape index (κ2) is 3.56. The third kappa shape index (κ3) is 2.31. The Balaban J connectivity index is 2.51. The van der Waals surface area contributed by atoms with Gasteiger partial charge in [-0.25, -0.2) is 0 Å². The van der Waals surface area contributed by atoms with Crippen LogP contribution in [-0.2, 0) is 9.53 Å². The molecular formula is C10H18O2. The highest BCUT2D eigenvalue weighted by Gasteiger charge is 2.31. The molecule has 1 fully saturated rings. The first-order chi connectivity index (χ1) is 5.54. The van der Waals surface area contributed by atoms with Crippen LogP contribution >= 0.6 is 0 Å². The van der Waals surface area contributed by atoms with E-state index >= 15 is 0 Å². The lowest BCUT2D eigenvalue weighted by molar-refractivity contribution is -0.119. The number of ether oxygens (including phenoxy) is 1. The van der Waals surface area contributed by atoms with Gasteiger partial charge in [-0.3, -0.25) is 0 Å². The molecule has 2 heteroatoms. The second-order valence-electron chi connectivity index (χ2n) is 4.65. The molecule has 0 amide bonds. The Morgan fingerprint density at radius 3 is 2.58 bits per heavy atom. The van der Waals surface area contributed by atoms with Gasteiger partial charge in [-0.2, -0.15) is 0 Å². The zero-order valence-corrected chi connectivity index (χ0v) is 8.17. The van der Waals surface area contributed by atoms with Gasteiger partial charge in [0.05, 0.1) is 6.10 Å². The molecular weight excluding hydrogens is 152 g/mol. The number of hydrogen-bond donors (Lipinski definition) is 0. The lowest BCUT2D eigenvalue weighted by Gasteiger charge is -2.35. The maximum absolute atomic E-state index is 10.6. The highest BCUT2D eigenvalue weighted by atomic mass is 16.5. The van der Waals surface area contributed by atoms with Gasteiger partial charge in [0.1, 0.15) is 6.29 Å². The maximum Gasteiger partial charge on any atom is 0.123 e. The van der Waals surface area contributed by atoms with E-state index in [9.17, 15) is 4.79 Å². The fraction of sp³-hybridized carbons (Fsp3) is 0.900. The van der Waals surface area contributed by atoms with E-state index in [0.717, 1.165) is 25.7 Å². The molecule has 0 radical (unpaired) electrons. The largest absolute Gasteiger partial charge is 0.378 e. The van der Waals surface area contributed by atoms with Crippen LogP contribution in [0, 0.1) is 11.3 Å². The Morgan fingerprint density at radius 2 is 2.08 bits per heavy atom. The van der Waals surface area contributed by atoms with Crippen molar-refractivity contribution in [3.8, 4) is 0 Å². The molecule has 0 aromatic rings. The van der Waals surface area contributed by atoms with Crippen molar-refractivity contribution in [3.05, 3.63) is 0 Å². The number of carbonyl (C=O) groups is 1. The van der Waals surface area contributed by atoms with Crippen LogP contribution in [0.25, 0.3) is 0 Å². The average molecular weight is 170 g/mol. The van der Waals surface area contributed by atoms with Crippen LogP contribution in [0.5, 0.6) is 0 Å². The minimum atomic E-state index is 0.168. The van der Waals surface area contributed by atoms with Gasteiger partial charge >= 0.3 is 0 Å². The van der Waals surface area contributed by atoms with Crippen LogP contribution < -0.4 is 0 Å². The summed E-state index contributed by atoms with van der Waals surface area (Å²) in [5.41, 5.74) is 0.168. The van der Waals surface area contributed by atoms with E-state index in [2.05, 4.69) is 20.8 Å². The van der Waals surface area contributed by atoms with Crippen molar-refractivity contribution in [2.45, 2.75) is 39.7 Å². The Labute approximate surface area is 74.3 Å². The van der Waals surface area contributed by atoms with Crippen LogP contribution in [0.1, 0.15) is 33.6 Å². The van der Waals surface area contributed by atoms with E-state index in [1.807, 2.05) is 0 Å². The average Bonchev–Trinajstić information content (AvgIpc) is 2.03. The molecule has 0 saturated carbocycles. The molecule has 70 valence electrons. The quantitative estimate of drug-likeness (QED) is 0.563. The van der Waals surface area contributed by atoms with Crippen molar-refractivity contribution in [3.63, 3.8) is 0 Å². The van der Waals surface area contributed by atoms with Crippen molar-refractivity contribution in [2.75, 3.05) is 6.61 Å². The van der Waals surface area contributed by atoms with Gasteiger partial charge in [0.15, 0.2) is 0 Å². The third-order valence-corrected chi connectivity index (χ3v) is 2.48. The van der Waals surface area contributed by atoms with Gasteiger partial charge in [0.25, 0.3) is 0 Å². The first-order valence-corrected chi connectivity index (χ1v) is 4.61. The molecule has 1 saturated heterocycles. The summed E-state index contributed by atoms with van der Waals surface area (Å²) in [6.07, 6.45) is 3.12. The molecule has 12 heavy (non-hydrogen) atoms. The fourth-order valence-corrected chi connectivity index (χ4v) is 1.55. The zero-order chi connectivity index (χ0) is 9.19. The van der Waals surface area contributed by atoms with Crippen LogP contribution in [0.2, 0.25) is 0 Å². The van der Waals surface area contributed by atoms with E-state index in [1.165, 1.54) is 0 Å². The highest BCUT2D eigenvalue weighted by Crippen LogP contribution is 2.31. The first kappa shape index (κ1) is 9.72. The molecule has 0 aromatic carbocycles. The predicted octanol–water partition coefficient (Wildman–Crippen LogP) is 2.03. The van der Waals surface area contributed by atoms with Gasteiger partial charge < -0.3 is 9.53 Å². The molecule has 1 heterocycles. The predicted molar refractivity (Wildman–Crippen MR) is 48.0 cm³/mol. The minimum absolute atomic E-state index is 0.168. The van der Waals surface area contributed by atoms with E-state index in [4.69, 9.17) is 4.74 Å². The fourth-order valence-electron chi connectivity index (χ4n) is 1.55. The smallest absolute Gasteiger partial charge is 0.123 e. The number of aldehydes is 1. The summed E-state index contributed by atoms with van der Waals surface area (Å²) in [7, 11) is 0. The Kier molecular flexibility index (Phi) is 2.89. The molecule has 2 unspecified atom stereocenters. The lowest BCUT2D eigenvalue weighted by Crippen LogP contribution is -2.36. The summed E-state index contributed by atoms with van der Waals surface area (Å²) < 4.78 is 5.62. The topological polar surface area (TPSA) is 26.3 Å². The zero-order valence-electron chi connectivity index (χ0n) is 8.17. The summed E-state index contributed by atoms with van der Waals surface area (Å²) in [5, 5.41) is 0. The summed E-state index contributed by atoms with van der Waals surface area (Å²) in [4.78, 5) is 10.6. The standard InChI is InChI=1S/C10H18O2/c1-10(2,3)9-6-8(7-11)4-5-12-9/h7-9H,4-6H2,1-3H3. The van der Waals surface area contributed by atoms with Crippen LogP contribution in [-0.4, -0.2) is 19.0 Å². The van der Waals surface area contributed by atoms with Gasteiger partial charge in [0.2, 0.25) is 0 Å². The Bertz CT molecular complexity index is 158. The van der Waals surface area contributed by atoms with Crippen LogP contribution in [0.4, 0.5) is 0 Å². The molecule has 0 spiro atoms. The molecule has 1 aliphatic rings. The van der Waals surface area contributed by atoms with Gasteiger partial charge in [0, 0.05) is 12.5 Å². The van der Waals surface area contributed by atoms with E-state index < -0.39 is 0 Å². The summed E-state index contributed by atoms with van der Waals surface area (Å²) in [6.45, 7) is 7.21. The number of hydrogen-bond acceptors (Lipinski definition) is 2. The van der Waals surface area contributed by atoms with Crippen LogP contribution in [0.15, 0.2) is 0 Å². The number of rotatable bonds is 1. The van der Waals surface area contributed by atoms with Gasteiger partial charge in [-0.15, -0.1) is 0 Å². The molecule has 2 nitrogen and oxygen atoms in total. The molecule has 1 rings (SSSR count). The first-order valence-electron chi connectivity index (χ1n) is 4.61. The van der Waals surface area contributed by atoms with Crippen molar-refractivity contribution in [1.29, 1.82) is 0 Å². The molecule has 0 N–H and O–H groups in total. The molecule has 2 atom stereocenters. The van der Waals surface area contributed by atoms with Gasteiger partial charge in [-0.1, -0.05) is 20.8 Å². The highest BCUT2D eigenvalue weighted by molar-refractivity contribution is 5.53. The van der Waals surface area contributed by atoms with Crippen molar-refractivity contribution < 1.29 is 9.53 Å². The SMILES string of the molecule is CC(C)(C)C1CC(C=O)CCO1. The summed E-state index contributed by atoms with van der Waals surface area (Å²) in [5.74, 6) is 0.225. The van der Waals surface area contributed by atoms with Crippen molar-refractivity contribution >= 4 is 6.29 Å². The monoisotopic (exact) mass is 170 g/mol. The minimum Gasteiger partial charge on any atom is -0.378 e. The summed E-state index contributed by atoms with van der Waals surface area (Å²) in [6, 6.07) is 0. The lowest BCUT2D eigenvalue weighted by atomic mass is 9.81. The number of carbonyl (C=O) groups excluding carboxylic acids is 1. The molecule has 1 aliphatic heterocycles. The van der Waals surface area contributed by atoms with Crippen LogP contribution in [0.3, 0.4) is 0 Å². The summed E-state index contributed by atoms with van der Waals surface area (Å²) >= 11 is 0. The normalized spacial score (nSPS) is 31.6. The Morgan fingerprint density at radius 1 is 1.42 bits per heavy atom. The van der Waals surface area contributed by atoms with E-state index in [0.29, 0.717) is 0 Å². The van der Waals surface area contributed by atoms with Crippen molar-refractivity contribution in [2.24, 2.45) is 11.3 Å². The van der Waals surface area contributed by atoms with E-state index in [1.54, 1.807) is 0 Å². The molecule has 0 aromatic heterocycles.